The Morgan fingerprint density at radius 2 is 1.84 bits per heavy atom. The van der Waals surface area contributed by atoms with Crippen LogP contribution in [0, 0.1) is 11.7 Å². The van der Waals surface area contributed by atoms with Crippen molar-refractivity contribution in [2.24, 2.45) is 5.92 Å². The first-order valence-electron chi connectivity index (χ1n) is 8.86. The third-order valence-corrected chi connectivity index (χ3v) is 4.65. The number of pyridine rings is 1. The molecule has 25 heavy (non-hydrogen) atoms. The molecule has 0 amide bonds. The van der Waals surface area contributed by atoms with Crippen LogP contribution in [0.5, 0.6) is 0 Å². The second kappa shape index (κ2) is 8.45. The van der Waals surface area contributed by atoms with E-state index in [2.05, 4.69) is 24.8 Å². The largest absolute Gasteiger partial charge is 0.304 e. The van der Waals surface area contributed by atoms with Gasteiger partial charge in [0.1, 0.15) is 5.82 Å². The summed E-state index contributed by atoms with van der Waals surface area (Å²) in [5.74, 6) is 0.413. The fourth-order valence-electron chi connectivity index (χ4n) is 3.28. The van der Waals surface area contributed by atoms with E-state index in [1.165, 1.54) is 6.07 Å². The van der Waals surface area contributed by atoms with E-state index in [-0.39, 0.29) is 5.82 Å². The van der Waals surface area contributed by atoms with Gasteiger partial charge < -0.3 is 4.90 Å². The van der Waals surface area contributed by atoms with Crippen LogP contribution in [0.2, 0.25) is 0 Å². The van der Waals surface area contributed by atoms with Gasteiger partial charge in [0.2, 0.25) is 0 Å². The second-order valence-electron chi connectivity index (χ2n) is 7.09. The lowest BCUT2D eigenvalue weighted by Crippen LogP contribution is -2.34. The molecule has 0 atom stereocenters. The lowest BCUT2D eigenvalue weighted by Gasteiger charge is -2.31. The number of hydrogen-bond acceptors (Lipinski definition) is 5. The summed E-state index contributed by atoms with van der Waals surface area (Å²) in [6, 6.07) is 3.11. The van der Waals surface area contributed by atoms with Crippen LogP contribution < -0.4 is 0 Å². The van der Waals surface area contributed by atoms with Gasteiger partial charge in [-0.1, -0.05) is 0 Å². The molecule has 134 valence electrons. The van der Waals surface area contributed by atoms with Crippen LogP contribution in [0.4, 0.5) is 4.39 Å². The SMILES string of the molecule is CN(C)Cc1cnc(CC2CCN(Cc3ncccc3F)CC2)cn1. The lowest BCUT2D eigenvalue weighted by molar-refractivity contribution is 0.173. The number of aromatic nitrogens is 3. The van der Waals surface area contributed by atoms with Gasteiger partial charge in [-0.3, -0.25) is 19.9 Å². The predicted octanol–water partition coefficient (Wildman–Crippen LogP) is 2.53. The third-order valence-electron chi connectivity index (χ3n) is 4.65. The zero-order valence-corrected chi connectivity index (χ0v) is 15.0. The summed E-state index contributed by atoms with van der Waals surface area (Å²) in [7, 11) is 4.06. The van der Waals surface area contributed by atoms with Gasteiger partial charge in [-0.2, -0.15) is 0 Å². The van der Waals surface area contributed by atoms with Crippen LogP contribution in [-0.4, -0.2) is 51.9 Å². The molecule has 0 aliphatic carbocycles. The van der Waals surface area contributed by atoms with E-state index in [0.29, 0.717) is 18.2 Å². The Hall–Kier alpha value is -1.92. The van der Waals surface area contributed by atoms with Gasteiger partial charge in [0.25, 0.3) is 0 Å². The number of rotatable bonds is 6. The average Bonchev–Trinajstić information content (AvgIpc) is 2.60. The highest BCUT2D eigenvalue weighted by atomic mass is 19.1. The summed E-state index contributed by atoms with van der Waals surface area (Å²) in [5.41, 5.74) is 2.61. The Morgan fingerprint density at radius 3 is 2.48 bits per heavy atom. The van der Waals surface area contributed by atoms with Crippen LogP contribution in [-0.2, 0) is 19.5 Å². The van der Waals surface area contributed by atoms with Gasteiger partial charge in [-0.25, -0.2) is 4.39 Å². The first kappa shape index (κ1) is 17.9. The number of halogens is 1. The number of piperidine rings is 1. The summed E-state index contributed by atoms with van der Waals surface area (Å²) in [5, 5.41) is 0. The maximum Gasteiger partial charge on any atom is 0.146 e. The van der Waals surface area contributed by atoms with Crippen molar-refractivity contribution >= 4 is 0 Å². The molecular weight excluding hydrogens is 317 g/mol. The van der Waals surface area contributed by atoms with E-state index in [1.807, 2.05) is 26.5 Å². The fourth-order valence-corrected chi connectivity index (χ4v) is 3.28. The summed E-state index contributed by atoms with van der Waals surface area (Å²) in [6.45, 7) is 3.37. The molecule has 1 aliphatic heterocycles. The zero-order valence-electron chi connectivity index (χ0n) is 15.0. The van der Waals surface area contributed by atoms with Gasteiger partial charge in [-0.15, -0.1) is 0 Å². The van der Waals surface area contributed by atoms with Crippen LogP contribution in [0.25, 0.3) is 0 Å². The van der Waals surface area contributed by atoms with Gasteiger partial charge in [0, 0.05) is 25.5 Å². The van der Waals surface area contributed by atoms with E-state index < -0.39 is 0 Å². The molecule has 1 saturated heterocycles. The Morgan fingerprint density at radius 1 is 1.12 bits per heavy atom. The van der Waals surface area contributed by atoms with Crippen molar-refractivity contribution < 1.29 is 4.39 Å². The molecule has 0 saturated carbocycles. The maximum absolute atomic E-state index is 13.7. The topological polar surface area (TPSA) is 45.2 Å². The molecule has 0 bridgehead atoms. The van der Waals surface area contributed by atoms with Crippen LogP contribution in [0.3, 0.4) is 0 Å². The fraction of sp³-hybridized carbons (Fsp3) is 0.526. The Labute approximate surface area is 148 Å². The summed E-state index contributed by atoms with van der Waals surface area (Å²) < 4.78 is 13.7. The van der Waals surface area contributed by atoms with Gasteiger partial charge in [-0.05, 0) is 64.5 Å². The molecule has 1 fully saturated rings. The predicted molar refractivity (Wildman–Crippen MR) is 95.3 cm³/mol. The molecule has 0 radical (unpaired) electrons. The van der Waals surface area contributed by atoms with Crippen molar-refractivity contribution in [2.45, 2.75) is 32.4 Å². The van der Waals surface area contributed by atoms with Gasteiger partial charge >= 0.3 is 0 Å². The maximum atomic E-state index is 13.7. The normalized spacial score (nSPS) is 16.5. The molecule has 0 spiro atoms. The quantitative estimate of drug-likeness (QED) is 0.806. The highest BCUT2D eigenvalue weighted by Crippen LogP contribution is 2.22. The smallest absolute Gasteiger partial charge is 0.146 e. The van der Waals surface area contributed by atoms with Crippen LogP contribution >= 0.6 is 0 Å². The average molecular weight is 343 g/mol. The molecular formula is C19H26FN5. The molecule has 2 aromatic heterocycles. The minimum Gasteiger partial charge on any atom is -0.304 e. The van der Waals surface area contributed by atoms with Crippen molar-refractivity contribution in [3.8, 4) is 0 Å². The number of likely N-dealkylation sites (tertiary alicyclic amines) is 1. The van der Waals surface area contributed by atoms with Gasteiger partial charge in [0.15, 0.2) is 0 Å². The lowest BCUT2D eigenvalue weighted by atomic mass is 9.92. The standard InChI is InChI=1S/C19H26FN5/c1-24(2)13-17-12-22-16(11-23-17)10-15-5-8-25(9-6-15)14-19-18(20)4-3-7-21-19/h3-4,7,11-12,15H,5-6,8-10,13-14H2,1-2H3. The summed E-state index contributed by atoms with van der Waals surface area (Å²) >= 11 is 0. The van der Waals surface area contributed by atoms with E-state index in [4.69, 9.17) is 0 Å². The highest BCUT2D eigenvalue weighted by molar-refractivity contribution is 5.07. The first-order chi connectivity index (χ1) is 12.1. The van der Waals surface area contributed by atoms with Crippen molar-refractivity contribution in [3.63, 3.8) is 0 Å². The molecule has 0 N–H and O–H groups in total. The highest BCUT2D eigenvalue weighted by Gasteiger charge is 2.21. The molecule has 3 rings (SSSR count). The minimum atomic E-state index is -0.210. The minimum absolute atomic E-state index is 0.210. The molecule has 0 aromatic carbocycles. The van der Waals surface area contributed by atoms with Crippen molar-refractivity contribution in [3.05, 3.63) is 53.6 Å². The molecule has 5 nitrogen and oxygen atoms in total. The zero-order chi connectivity index (χ0) is 17.6. The molecule has 6 heteroatoms. The Kier molecular flexibility index (Phi) is 6.04. The van der Waals surface area contributed by atoms with Crippen LogP contribution in [0.15, 0.2) is 30.7 Å². The van der Waals surface area contributed by atoms with E-state index >= 15 is 0 Å². The third kappa shape index (κ3) is 5.28. The Balaban J connectivity index is 1.47. The van der Waals surface area contributed by atoms with Gasteiger partial charge in [0.05, 0.1) is 23.3 Å². The van der Waals surface area contributed by atoms with Crippen molar-refractivity contribution in [2.75, 3.05) is 27.2 Å². The van der Waals surface area contributed by atoms with Crippen molar-refractivity contribution in [1.82, 2.24) is 24.8 Å². The van der Waals surface area contributed by atoms with Crippen molar-refractivity contribution in [1.29, 1.82) is 0 Å². The number of hydrogen-bond donors (Lipinski definition) is 0. The van der Waals surface area contributed by atoms with E-state index in [1.54, 1.807) is 12.3 Å². The monoisotopic (exact) mass is 343 g/mol. The summed E-state index contributed by atoms with van der Waals surface area (Å²) in [6.07, 6.45) is 8.64. The molecule has 3 heterocycles. The van der Waals surface area contributed by atoms with E-state index in [0.717, 1.165) is 50.3 Å². The second-order valence-corrected chi connectivity index (χ2v) is 7.09. The summed E-state index contributed by atoms with van der Waals surface area (Å²) in [4.78, 5) is 17.6. The Bertz CT molecular complexity index is 666. The number of nitrogens with zero attached hydrogens (tertiary/aromatic N) is 5. The van der Waals surface area contributed by atoms with Crippen LogP contribution in [0.1, 0.15) is 29.9 Å². The molecule has 0 unspecified atom stereocenters. The molecule has 1 aliphatic rings. The molecule has 2 aromatic rings. The first-order valence-corrected chi connectivity index (χ1v) is 8.86. The van der Waals surface area contributed by atoms with E-state index in [9.17, 15) is 4.39 Å².